The highest BCUT2D eigenvalue weighted by Crippen LogP contribution is 2.26. The number of amides is 2. The number of nitrogens with zero attached hydrogens (tertiary/aromatic N) is 5. The van der Waals surface area contributed by atoms with Crippen molar-refractivity contribution < 1.29 is 9.59 Å². The van der Waals surface area contributed by atoms with E-state index in [1.165, 1.54) is 0 Å². The Kier molecular flexibility index (Phi) is 5.41. The van der Waals surface area contributed by atoms with Crippen molar-refractivity contribution in [3.05, 3.63) is 47.5 Å². The van der Waals surface area contributed by atoms with E-state index in [0.717, 1.165) is 56.6 Å². The van der Waals surface area contributed by atoms with E-state index < -0.39 is 0 Å². The number of aromatic nitrogens is 3. The zero-order valence-corrected chi connectivity index (χ0v) is 16.4. The van der Waals surface area contributed by atoms with E-state index >= 15 is 0 Å². The minimum Gasteiger partial charge on any atom is -0.340 e. The minimum absolute atomic E-state index is 0.0755. The molecular weight excluding hydrogens is 354 g/mol. The van der Waals surface area contributed by atoms with E-state index in [4.69, 9.17) is 0 Å². The maximum Gasteiger partial charge on any atom is 0.255 e. The fourth-order valence-corrected chi connectivity index (χ4v) is 4.11. The van der Waals surface area contributed by atoms with E-state index in [9.17, 15) is 9.59 Å². The molecule has 7 nitrogen and oxygen atoms in total. The molecule has 1 atom stereocenters. The summed E-state index contributed by atoms with van der Waals surface area (Å²) in [6.07, 6.45) is 9.49. The molecule has 0 saturated carbocycles. The van der Waals surface area contributed by atoms with Crippen LogP contribution in [0.1, 0.15) is 53.2 Å². The minimum atomic E-state index is 0.0755. The Hall–Kier alpha value is -2.70. The summed E-state index contributed by atoms with van der Waals surface area (Å²) in [6, 6.07) is 3.84. The predicted octanol–water partition coefficient (Wildman–Crippen LogP) is 2.23. The molecule has 0 unspecified atom stereocenters. The summed E-state index contributed by atoms with van der Waals surface area (Å²) in [5, 5.41) is 4.21. The molecule has 0 radical (unpaired) electrons. The SMILES string of the molecule is Cc1cnn(CC(=O)N2CCC[C@H](c3ccc(C(=O)N4CCCC4)cn3)C2)c1. The number of carbonyl (C=O) groups excluding carboxylic acids is 2. The molecule has 0 aliphatic carbocycles. The monoisotopic (exact) mass is 381 g/mol. The molecule has 4 heterocycles. The van der Waals surface area contributed by atoms with Crippen LogP contribution in [0.15, 0.2) is 30.7 Å². The van der Waals surface area contributed by atoms with Crippen molar-refractivity contribution in [1.29, 1.82) is 0 Å². The smallest absolute Gasteiger partial charge is 0.255 e. The Morgan fingerprint density at radius 3 is 2.54 bits per heavy atom. The average molecular weight is 381 g/mol. The van der Waals surface area contributed by atoms with Crippen molar-refractivity contribution in [3.63, 3.8) is 0 Å². The van der Waals surface area contributed by atoms with Gasteiger partial charge in [-0.25, -0.2) is 0 Å². The number of likely N-dealkylation sites (tertiary alicyclic amines) is 2. The zero-order valence-electron chi connectivity index (χ0n) is 16.4. The number of piperidine rings is 1. The number of hydrogen-bond donors (Lipinski definition) is 0. The van der Waals surface area contributed by atoms with Crippen molar-refractivity contribution in [2.45, 2.75) is 45.1 Å². The fraction of sp³-hybridized carbons (Fsp3) is 0.524. The van der Waals surface area contributed by atoms with Gasteiger partial charge < -0.3 is 9.80 Å². The highest BCUT2D eigenvalue weighted by molar-refractivity contribution is 5.94. The Morgan fingerprint density at radius 1 is 1.07 bits per heavy atom. The van der Waals surface area contributed by atoms with Crippen LogP contribution >= 0.6 is 0 Å². The van der Waals surface area contributed by atoms with Crippen LogP contribution in [0.3, 0.4) is 0 Å². The zero-order chi connectivity index (χ0) is 19.5. The molecule has 7 heteroatoms. The number of hydrogen-bond acceptors (Lipinski definition) is 4. The molecule has 2 saturated heterocycles. The predicted molar refractivity (Wildman–Crippen MR) is 105 cm³/mol. The second-order valence-corrected chi connectivity index (χ2v) is 7.87. The van der Waals surface area contributed by atoms with Gasteiger partial charge in [0, 0.05) is 50.2 Å². The van der Waals surface area contributed by atoms with Crippen LogP contribution in [-0.2, 0) is 11.3 Å². The number of aryl methyl sites for hydroxylation is 1. The van der Waals surface area contributed by atoms with Crippen LogP contribution in [0.4, 0.5) is 0 Å². The van der Waals surface area contributed by atoms with Crippen LogP contribution < -0.4 is 0 Å². The third-order valence-electron chi connectivity index (χ3n) is 5.68. The lowest BCUT2D eigenvalue weighted by Gasteiger charge is -2.32. The van der Waals surface area contributed by atoms with Crippen LogP contribution in [-0.4, -0.2) is 62.6 Å². The molecule has 2 amide bonds. The molecular formula is C21H27N5O2. The molecule has 2 fully saturated rings. The van der Waals surface area contributed by atoms with E-state index in [-0.39, 0.29) is 24.3 Å². The summed E-state index contributed by atoms with van der Waals surface area (Å²) in [5.74, 6) is 0.383. The van der Waals surface area contributed by atoms with E-state index in [1.54, 1.807) is 17.1 Å². The van der Waals surface area contributed by atoms with Gasteiger partial charge in [0.05, 0.1) is 11.8 Å². The van der Waals surface area contributed by atoms with Crippen molar-refractivity contribution in [2.75, 3.05) is 26.2 Å². The Morgan fingerprint density at radius 2 is 1.86 bits per heavy atom. The van der Waals surface area contributed by atoms with E-state index in [2.05, 4.69) is 10.1 Å². The van der Waals surface area contributed by atoms with Crippen molar-refractivity contribution in [1.82, 2.24) is 24.6 Å². The third kappa shape index (κ3) is 4.08. The second kappa shape index (κ2) is 8.12. The summed E-state index contributed by atoms with van der Waals surface area (Å²) in [7, 11) is 0. The molecule has 148 valence electrons. The summed E-state index contributed by atoms with van der Waals surface area (Å²) >= 11 is 0. The maximum absolute atomic E-state index is 12.6. The lowest BCUT2D eigenvalue weighted by atomic mass is 9.94. The quantitative estimate of drug-likeness (QED) is 0.814. The van der Waals surface area contributed by atoms with Crippen molar-refractivity contribution in [2.24, 2.45) is 0 Å². The second-order valence-electron chi connectivity index (χ2n) is 7.87. The van der Waals surface area contributed by atoms with Gasteiger partial charge in [-0.2, -0.15) is 5.10 Å². The molecule has 0 aromatic carbocycles. The molecule has 0 bridgehead atoms. The van der Waals surface area contributed by atoms with Gasteiger partial charge in [-0.05, 0) is 50.3 Å². The first-order valence-corrected chi connectivity index (χ1v) is 10.1. The molecule has 0 spiro atoms. The van der Waals surface area contributed by atoms with Gasteiger partial charge in [-0.15, -0.1) is 0 Å². The van der Waals surface area contributed by atoms with Gasteiger partial charge in [-0.1, -0.05) is 0 Å². The molecule has 0 N–H and O–H groups in total. The van der Waals surface area contributed by atoms with Gasteiger partial charge in [0.25, 0.3) is 5.91 Å². The molecule has 4 rings (SSSR count). The van der Waals surface area contributed by atoms with Crippen molar-refractivity contribution >= 4 is 11.8 Å². The highest BCUT2D eigenvalue weighted by Gasteiger charge is 2.26. The summed E-state index contributed by atoms with van der Waals surface area (Å²) < 4.78 is 1.69. The van der Waals surface area contributed by atoms with Gasteiger partial charge in [0.1, 0.15) is 6.54 Å². The largest absolute Gasteiger partial charge is 0.340 e. The molecule has 2 aromatic rings. The Bertz CT molecular complexity index is 839. The standard InChI is InChI=1S/C21H27N5O2/c1-16-11-23-26(13-16)15-20(27)25-10-4-5-18(14-25)19-7-6-17(12-22-19)21(28)24-8-2-3-9-24/h6-7,11-13,18H,2-5,8-10,14-15H2,1H3/t18-/m0/s1. The van der Waals surface area contributed by atoms with Crippen LogP contribution in [0.2, 0.25) is 0 Å². The first-order valence-electron chi connectivity index (χ1n) is 10.1. The third-order valence-corrected chi connectivity index (χ3v) is 5.68. The molecule has 2 aliphatic rings. The highest BCUT2D eigenvalue weighted by atomic mass is 16.2. The average Bonchev–Trinajstić information content (AvgIpc) is 3.40. The Balaban J connectivity index is 1.38. The van der Waals surface area contributed by atoms with Crippen molar-refractivity contribution in [3.8, 4) is 0 Å². The van der Waals surface area contributed by atoms with E-state index in [1.807, 2.05) is 35.1 Å². The lowest BCUT2D eigenvalue weighted by molar-refractivity contribution is -0.133. The van der Waals surface area contributed by atoms with Crippen LogP contribution in [0.5, 0.6) is 0 Å². The maximum atomic E-state index is 12.6. The van der Waals surface area contributed by atoms with Gasteiger partial charge in [0.15, 0.2) is 0 Å². The van der Waals surface area contributed by atoms with Gasteiger partial charge in [-0.3, -0.25) is 19.3 Å². The van der Waals surface area contributed by atoms with Crippen LogP contribution in [0, 0.1) is 6.92 Å². The summed E-state index contributed by atoms with van der Waals surface area (Å²) in [4.78, 5) is 33.5. The first kappa shape index (κ1) is 18.7. The number of rotatable bonds is 4. The fourth-order valence-electron chi connectivity index (χ4n) is 4.11. The summed E-state index contributed by atoms with van der Waals surface area (Å²) in [6.45, 7) is 5.38. The van der Waals surface area contributed by atoms with Crippen LogP contribution in [0.25, 0.3) is 0 Å². The topological polar surface area (TPSA) is 71.3 Å². The summed E-state index contributed by atoms with van der Waals surface area (Å²) in [5.41, 5.74) is 2.67. The lowest BCUT2D eigenvalue weighted by Crippen LogP contribution is -2.41. The Labute approximate surface area is 165 Å². The van der Waals surface area contributed by atoms with Gasteiger partial charge in [0.2, 0.25) is 5.91 Å². The van der Waals surface area contributed by atoms with E-state index in [0.29, 0.717) is 12.1 Å². The first-order chi connectivity index (χ1) is 13.6. The normalized spacial score (nSPS) is 19.8. The molecule has 2 aromatic heterocycles. The molecule has 2 aliphatic heterocycles. The number of pyridine rings is 1. The number of carbonyl (C=O) groups is 2. The molecule has 28 heavy (non-hydrogen) atoms. The van der Waals surface area contributed by atoms with Gasteiger partial charge >= 0.3 is 0 Å².